The predicted molar refractivity (Wildman–Crippen MR) is 95.3 cm³/mol. The third-order valence-corrected chi connectivity index (χ3v) is 4.01. The van der Waals surface area contributed by atoms with Gasteiger partial charge in [0.15, 0.2) is 0 Å². The molecule has 136 valence electrons. The Morgan fingerprint density at radius 3 is 1.65 bits per heavy atom. The molecule has 0 aliphatic heterocycles. The van der Waals surface area contributed by atoms with Gasteiger partial charge in [-0.1, -0.05) is 72.1 Å². The van der Waals surface area contributed by atoms with E-state index in [1.807, 2.05) is 0 Å². The maximum Gasteiger partial charge on any atom is 0.397 e. The lowest BCUT2D eigenvalue weighted by molar-refractivity contribution is -0.160. The van der Waals surface area contributed by atoms with Crippen LogP contribution in [0.5, 0.6) is 0 Å². The number of esters is 1. The normalized spacial score (nSPS) is 10.6. The lowest BCUT2D eigenvalue weighted by Crippen LogP contribution is -2.39. The topological polar surface area (TPSA) is 46.6 Å². The summed E-state index contributed by atoms with van der Waals surface area (Å²) in [7, 11) is 0. The van der Waals surface area contributed by atoms with Gasteiger partial charge in [0.1, 0.15) is 0 Å². The van der Waals surface area contributed by atoms with Gasteiger partial charge in [0.2, 0.25) is 0 Å². The van der Waals surface area contributed by atoms with Crippen LogP contribution in [0.3, 0.4) is 0 Å². The molecule has 23 heavy (non-hydrogen) atoms. The molecule has 0 unspecified atom stereocenters. The van der Waals surface area contributed by atoms with E-state index in [9.17, 15) is 9.59 Å². The van der Waals surface area contributed by atoms with Crippen molar-refractivity contribution in [2.45, 2.75) is 91.4 Å². The van der Waals surface area contributed by atoms with Crippen LogP contribution in [0.25, 0.3) is 0 Å². The molecule has 0 atom stereocenters. The Bertz CT molecular complexity index is 293. The van der Waals surface area contributed by atoms with Gasteiger partial charge < -0.3 is 9.64 Å². The van der Waals surface area contributed by atoms with E-state index in [0.717, 1.165) is 44.9 Å². The van der Waals surface area contributed by atoms with E-state index in [2.05, 4.69) is 20.8 Å². The highest BCUT2D eigenvalue weighted by atomic mass is 16.5. The Morgan fingerprint density at radius 1 is 0.696 bits per heavy atom. The van der Waals surface area contributed by atoms with Gasteiger partial charge >= 0.3 is 11.9 Å². The number of rotatable bonds is 14. The highest BCUT2D eigenvalue weighted by Crippen LogP contribution is 2.07. The van der Waals surface area contributed by atoms with Crippen LogP contribution in [0.1, 0.15) is 91.4 Å². The Morgan fingerprint density at radius 2 is 1.17 bits per heavy atom. The minimum absolute atomic E-state index is 0.359. The summed E-state index contributed by atoms with van der Waals surface area (Å²) < 4.78 is 5.11. The molecule has 0 aromatic heterocycles. The van der Waals surface area contributed by atoms with E-state index < -0.39 is 11.9 Å². The van der Waals surface area contributed by atoms with Gasteiger partial charge in [0, 0.05) is 13.1 Å². The maximum atomic E-state index is 12.3. The molecule has 0 bridgehead atoms. The Balaban J connectivity index is 4.25. The molecular formula is C19H37NO3. The van der Waals surface area contributed by atoms with Gasteiger partial charge in [-0.2, -0.15) is 0 Å². The maximum absolute atomic E-state index is 12.3. The zero-order valence-electron chi connectivity index (χ0n) is 15.6. The van der Waals surface area contributed by atoms with Crippen LogP contribution in [0.15, 0.2) is 0 Å². The van der Waals surface area contributed by atoms with Gasteiger partial charge in [0.05, 0.1) is 6.61 Å². The zero-order valence-corrected chi connectivity index (χ0v) is 15.6. The summed E-state index contributed by atoms with van der Waals surface area (Å²) in [6, 6.07) is 0. The number of carbonyl (C=O) groups excluding carboxylic acids is 2. The molecule has 0 saturated carbocycles. The van der Waals surface area contributed by atoms with Crippen LogP contribution in [0.2, 0.25) is 0 Å². The van der Waals surface area contributed by atoms with Crippen molar-refractivity contribution < 1.29 is 14.3 Å². The van der Waals surface area contributed by atoms with Gasteiger partial charge in [-0.25, -0.2) is 4.79 Å². The van der Waals surface area contributed by atoms with Gasteiger partial charge in [-0.05, 0) is 19.3 Å². The number of hydrogen-bond acceptors (Lipinski definition) is 3. The molecule has 0 aromatic rings. The molecule has 4 heteroatoms. The summed E-state index contributed by atoms with van der Waals surface area (Å²) >= 11 is 0. The van der Waals surface area contributed by atoms with E-state index in [1.165, 1.54) is 25.7 Å². The second kappa shape index (κ2) is 15.8. The first-order chi connectivity index (χ1) is 11.2. The molecule has 4 nitrogen and oxygen atoms in total. The fourth-order valence-electron chi connectivity index (χ4n) is 2.48. The van der Waals surface area contributed by atoms with Crippen molar-refractivity contribution in [1.29, 1.82) is 0 Å². The van der Waals surface area contributed by atoms with Gasteiger partial charge in [0.25, 0.3) is 0 Å². The third kappa shape index (κ3) is 12.1. The van der Waals surface area contributed by atoms with Crippen LogP contribution in [0, 0.1) is 0 Å². The van der Waals surface area contributed by atoms with E-state index in [4.69, 9.17) is 4.74 Å². The van der Waals surface area contributed by atoms with Crippen molar-refractivity contribution in [3.63, 3.8) is 0 Å². The molecule has 1 amide bonds. The molecule has 0 saturated heterocycles. The fraction of sp³-hybridized carbons (Fsp3) is 0.895. The molecule has 0 radical (unpaired) electrons. The molecule has 0 aliphatic carbocycles. The lowest BCUT2D eigenvalue weighted by atomic mass is 10.1. The van der Waals surface area contributed by atoms with Gasteiger partial charge in [-0.15, -0.1) is 0 Å². The summed E-state index contributed by atoms with van der Waals surface area (Å²) in [4.78, 5) is 25.9. The minimum Gasteiger partial charge on any atom is -0.459 e. The second-order valence-corrected chi connectivity index (χ2v) is 6.26. The van der Waals surface area contributed by atoms with Crippen LogP contribution in [0.4, 0.5) is 0 Å². The number of ether oxygens (including phenoxy) is 1. The standard InChI is InChI=1S/C19H37NO3/c1-4-7-10-12-15-20(16-13-11-8-5-2)18(21)19(22)23-17-14-9-6-3/h4-17H2,1-3H3. The molecule has 0 aliphatic rings. The second-order valence-electron chi connectivity index (χ2n) is 6.26. The smallest absolute Gasteiger partial charge is 0.397 e. The van der Waals surface area contributed by atoms with E-state index in [-0.39, 0.29) is 0 Å². The zero-order chi connectivity index (χ0) is 17.3. The SMILES string of the molecule is CCCCCCN(CCCCCC)C(=O)C(=O)OCCCCC. The number of amides is 1. The number of nitrogens with zero attached hydrogens (tertiary/aromatic N) is 1. The van der Waals surface area contributed by atoms with Gasteiger partial charge in [-0.3, -0.25) is 4.79 Å². The quantitative estimate of drug-likeness (QED) is 0.264. The number of unbranched alkanes of at least 4 members (excludes halogenated alkanes) is 8. The van der Waals surface area contributed by atoms with Crippen LogP contribution in [-0.2, 0) is 14.3 Å². The first kappa shape index (κ1) is 21.9. The monoisotopic (exact) mass is 327 g/mol. The Hall–Kier alpha value is -1.06. The number of carbonyl (C=O) groups is 2. The van der Waals surface area contributed by atoms with Crippen molar-refractivity contribution >= 4 is 11.9 Å². The highest BCUT2D eigenvalue weighted by Gasteiger charge is 2.22. The largest absolute Gasteiger partial charge is 0.459 e. The third-order valence-electron chi connectivity index (χ3n) is 4.01. The first-order valence-electron chi connectivity index (χ1n) is 9.63. The molecule has 0 N–H and O–H groups in total. The van der Waals surface area contributed by atoms with Crippen LogP contribution >= 0.6 is 0 Å². The van der Waals surface area contributed by atoms with Crippen LogP contribution in [-0.4, -0.2) is 36.5 Å². The average Bonchev–Trinajstić information content (AvgIpc) is 2.56. The molecule has 0 aromatic carbocycles. The molecular weight excluding hydrogens is 290 g/mol. The summed E-state index contributed by atoms with van der Waals surface area (Å²) in [6.45, 7) is 8.14. The molecule has 0 heterocycles. The van der Waals surface area contributed by atoms with E-state index in [1.54, 1.807) is 4.90 Å². The summed E-state index contributed by atoms with van der Waals surface area (Å²) in [5.41, 5.74) is 0. The summed E-state index contributed by atoms with van der Waals surface area (Å²) in [6.07, 6.45) is 11.8. The van der Waals surface area contributed by atoms with Crippen molar-refractivity contribution in [1.82, 2.24) is 4.90 Å². The van der Waals surface area contributed by atoms with Crippen molar-refractivity contribution in [2.24, 2.45) is 0 Å². The molecule has 0 spiro atoms. The van der Waals surface area contributed by atoms with E-state index >= 15 is 0 Å². The minimum atomic E-state index is -0.674. The van der Waals surface area contributed by atoms with Crippen molar-refractivity contribution in [2.75, 3.05) is 19.7 Å². The summed E-state index contributed by atoms with van der Waals surface area (Å²) in [5, 5.41) is 0. The average molecular weight is 328 g/mol. The van der Waals surface area contributed by atoms with Crippen molar-refractivity contribution in [3.8, 4) is 0 Å². The highest BCUT2D eigenvalue weighted by molar-refractivity contribution is 6.32. The molecule has 0 fully saturated rings. The predicted octanol–water partition coefficient (Wildman–Crippen LogP) is 4.71. The van der Waals surface area contributed by atoms with E-state index in [0.29, 0.717) is 19.7 Å². The Labute approximate surface area is 143 Å². The Kier molecular flexibility index (Phi) is 15.1. The first-order valence-corrected chi connectivity index (χ1v) is 9.63. The van der Waals surface area contributed by atoms with Crippen molar-refractivity contribution in [3.05, 3.63) is 0 Å². The lowest BCUT2D eigenvalue weighted by Gasteiger charge is -2.21. The molecule has 0 rings (SSSR count). The fourth-order valence-corrected chi connectivity index (χ4v) is 2.48. The van der Waals surface area contributed by atoms with Crippen LogP contribution < -0.4 is 0 Å². The summed E-state index contributed by atoms with van der Waals surface area (Å²) in [5.74, 6) is -1.12. The number of hydrogen-bond donors (Lipinski definition) is 0.